The molecule has 0 saturated carbocycles. The second-order valence-corrected chi connectivity index (χ2v) is 7.27. The van der Waals surface area contributed by atoms with Gasteiger partial charge in [-0.2, -0.15) is 0 Å². The highest BCUT2D eigenvalue weighted by atomic mass is 32.1. The van der Waals surface area contributed by atoms with Crippen LogP contribution in [0.5, 0.6) is 11.5 Å². The van der Waals surface area contributed by atoms with Gasteiger partial charge in [-0.05, 0) is 43.0 Å². The van der Waals surface area contributed by atoms with Crippen LogP contribution in [-0.2, 0) is 19.4 Å². The number of ether oxygens (including phenoxy) is 1. The number of hydrogen-bond acceptors (Lipinski definition) is 4. The number of nitrogens with zero attached hydrogens (tertiary/aromatic N) is 1. The topological polar surface area (TPSA) is 32.7 Å². The van der Waals surface area contributed by atoms with Crippen LogP contribution in [0.4, 0.5) is 0 Å². The van der Waals surface area contributed by atoms with Crippen LogP contribution in [0.2, 0.25) is 0 Å². The molecule has 0 aliphatic carbocycles. The molecule has 2 aliphatic rings. The average molecular weight is 301 g/mol. The molecule has 1 atom stereocenters. The molecule has 1 aromatic heterocycles. The summed E-state index contributed by atoms with van der Waals surface area (Å²) in [7, 11) is 1.64. The SMILES string of the molecule is COc1c(O)ccc2c1CN1CCc3sc(C)cc3C1C2. The lowest BCUT2D eigenvalue weighted by Gasteiger charge is -2.40. The molecular weight excluding hydrogens is 282 g/mol. The summed E-state index contributed by atoms with van der Waals surface area (Å²) in [6, 6.07) is 6.66. The second-order valence-electron chi connectivity index (χ2n) is 5.93. The molecule has 0 radical (unpaired) electrons. The van der Waals surface area contributed by atoms with E-state index in [2.05, 4.69) is 24.0 Å². The van der Waals surface area contributed by atoms with Gasteiger partial charge in [0.2, 0.25) is 0 Å². The highest BCUT2D eigenvalue weighted by Crippen LogP contribution is 2.44. The monoisotopic (exact) mass is 301 g/mol. The highest BCUT2D eigenvalue weighted by molar-refractivity contribution is 7.12. The molecule has 0 amide bonds. The maximum absolute atomic E-state index is 9.98. The predicted octanol–water partition coefficient (Wildman–Crippen LogP) is 3.43. The second kappa shape index (κ2) is 4.75. The van der Waals surface area contributed by atoms with Crippen LogP contribution in [0.15, 0.2) is 18.2 Å². The normalized spacial score (nSPS) is 20.6. The van der Waals surface area contributed by atoms with Crippen molar-refractivity contribution in [1.29, 1.82) is 0 Å². The fourth-order valence-electron chi connectivity index (χ4n) is 3.75. The van der Waals surface area contributed by atoms with Gasteiger partial charge in [0.15, 0.2) is 11.5 Å². The number of aromatic hydroxyl groups is 1. The number of rotatable bonds is 1. The molecule has 3 nitrogen and oxygen atoms in total. The lowest BCUT2D eigenvalue weighted by atomic mass is 9.86. The van der Waals surface area contributed by atoms with E-state index in [-0.39, 0.29) is 5.75 Å². The van der Waals surface area contributed by atoms with E-state index in [9.17, 15) is 5.11 Å². The zero-order valence-corrected chi connectivity index (χ0v) is 13.2. The lowest BCUT2D eigenvalue weighted by Crippen LogP contribution is -2.38. The molecule has 21 heavy (non-hydrogen) atoms. The number of aryl methyl sites for hydroxylation is 1. The molecule has 1 N–H and O–H groups in total. The first kappa shape index (κ1) is 13.2. The first-order chi connectivity index (χ1) is 10.2. The third-order valence-corrected chi connectivity index (χ3v) is 5.83. The van der Waals surface area contributed by atoms with Gasteiger partial charge in [0.1, 0.15) is 0 Å². The summed E-state index contributed by atoms with van der Waals surface area (Å²) in [5, 5.41) is 9.98. The van der Waals surface area contributed by atoms with E-state index in [1.807, 2.05) is 11.3 Å². The first-order valence-electron chi connectivity index (χ1n) is 7.38. The molecule has 4 heteroatoms. The molecule has 0 bridgehead atoms. The Morgan fingerprint density at radius 1 is 1.38 bits per heavy atom. The van der Waals surface area contributed by atoms with Gasteiger partial charge in [-0.25, -0.2) is 0 Å². The van der Waals surface area contributed by atoms with Gasteiger partial charge in [-0.3, -0.25) is 4.90 Å². The highest BCUT2D eigenvalue weighted by Gasteiger charge is 2.34. The van der Waals surface area contributed by atoms with E-state index in [0.29, 0.717) is 11.8 Å². The minimum atomic E-state index is 0.249. The Kier molecular flexibility index (Phi) is 2.98. The Bertz CT molecular complexity index is 707. The lowest BCUT2D eigenvalue weighted by molar-refractivity contribution is 0.159. The largest absolute Gasteiger partial charge is 0.504 e. The van der Waals surface area contributed by atoms with Crippen molar-refractivity contribution in [1.82, 2.24) is 4.90 Å². The van der Waals surface area contributed by atoms with Gasteiger partial charge in [-0.15, -0.1) is 11.3 Å². The standard InChI is InChI=1S/C17H19NO2S/c1-10-7-12-14-8-11-3-4-15(19)17(20-2)13(11)9-18(14)6-5-16(12)21-10/h3-4,7,14,19H,5-6,8-9H2,1-2H3. The minimum absolute atomic E-state index is 0.249. The molecule has 0 spiro atoms. The van der Waals surface area contributed by atoms with Gasteiger partial charge in [0, 0.05) is 34.4 Å². The average Bonchev–Trinajstić information content (AvgIpc) is 2.86. The summed E-state index contributed by atoms with van der Waals surface area (Å²) in [6.07, 6.45) is 2.15. The van der Waals surface area contributed by atoms with E-state index >= 15 is 0 Å². The van der Waals surface area contributed by atoms with Gasteiger partial charge in [0.05, 0.1) is 7.11 Å². The van der Waals surface area contributed by atoms with Crippen molar-refractivity contribution in [3.63, 3.8) is 0 Å². The summed E-state index contributed by atoms with van der Waals surface area (Å²) in [6.45, 7) is 4.16. The molecule has 0 saturated heterocycles. The van der Waals surface area contributed by atoms with Crippen molar-refractivity contribution in [2.45, 2.75) is 32.4 Å². The molecule has 4 rings (SSSR count). The van der Waals surface area contributed by atoms with Crippen molar-refractivity contribution < 1.29 is 9.84 Å². The fraction of sp³-hybridized carbons (Fsp3) is 0.412. The van der Waals surface area contributed by atoms with Crippen LogP contribution in [0, 0.1) is 6.92 Å². The third kappa shape index (κ3) is 1.97. The molecular formula is C17H19NO2S. The van der Waals surface area contributed by atoms with Crippen LogP contribution < -0.4 is 4.74 Å². The fourth-order valence-corrected chi connectivity index (χ4v) is 4.83. The summed E-state index contributed by atoms with van der Waals surface area (Å²) in [5.74, 6) is 0.900. The molecule has 2 aromatic rings. The van der Waals surface area contributed by atoms with Gasteiger partial charge < -0.3 is 9.84 Å². The zero-order valence-electron chi connectivity index (χ0n) is 12.3. The van der Waals surface area contributed by atoms with E-state index in [1.165, 1.54) is 16.0 Å². The summed E-state index contributed by atoms with van der Waals surface area (Å²) < 4.78 is 5.42. The van der Waals surface area contributed by atoms with Crippen molar-refractivity contribution in [2.24, 2.45) is 0 Å². The van der Waals surface area contributed by atoms with Crippen LogP contribution in [0.1, 0.15) is 32.5 Å². The predicted molar refractivity (Wildman–Crippen MR) is 84.3 cm³/mol. The smallest absolute Gasteiger partial charge is 0.165 e. The van der Waals surface area contributed by atoms with Crippen LogP contribution >= 0.6 is 11.3 Å². The molecule has 110 valence electrons. The van der Waals surface area contributed by atoms with Crippen molar-refractivity contribution in [3.8, 4) is 11.5 Å². The van der Waals surface area contributed by atoms with E-state index < -0.39 is 0 Å². The Balaban J connectivity index is 1.78. The Labute approximate surface area is 128 Å². The number of phenolic OH excluding ortho intramolecular Hbond substituents is 1. The number of thiophene rings is 1. The van der Waals surface area contributed by atoms with Gasteiger partial charge in [0.25, 0.3) is 0 Å². The Morgan fingerprint density at radius 3 is 3.05 bits per heavy atom. The quantitative estimate of drug-likeness (QED) is 0.876. The van der Waals surface area contributed by atoms with Crippen molar-refractivity contribution in [2.75, 3.05) is 13.7 Å². The number of hydrogen-bond donors (Lipinski definition) is 1. The van der Waals surface area contributed by atoms with E-state index in [0.717, 1.165) is 31.5 Å². The number of fused-ring (bicyclic) bond motifs is 4. The Hall–Kier alpha value is -1.52. The summed E-state index contributed by atoms with van der Waals surface area (Å²) >= 11 is 1.95. The molecule has 2 aliphatic heterocycles. The summed E-state index contributed by atoms with van der Waals surface area (Å²) in [4.78, 5) is 5.50. The minimum Gasteiger partial charge on any atom is -0.504 e. The zero-order chi connectivity index (χ0) is 14.6. The number of benzene rings is 1. The maximum atomic E-state index is 9.98. The van der Waals surface area contributed by atoms with Gasteiger partial charge in [-0.1, -0.05) is 6.07 Å². The number of phenols is 1. The van der Waals surface area contributed by atoms with Crippen LogP contribution in [0.25, 0.3) is 0 Å². The maximum Gasteiger partial charge on any atom is 0.165 e. The van der Waals surface area contributed by atoms with Crippen LogP contribution in [-0.4, -0.2) is 23.7 Å². The first-order valence-corrected chi connectivity index (χ1v) is 8.20. The van der Waals surface area contributed by atoms with Gasteiger partial charge >= 0.3 is 0 Å². The molecule has 1 aromatic carbocycles. The number of methoxy groups -OCH3 is 1. The van der Waals surface area contributed by atoms with Crippen molar-refractivity contribution in [3.05, 3.63) is 44.6 Å². The van der Waals surface area contributed by atoms with E-state index in [1.54, 1.807) is 18.1 Å². The Morgan fingerprint density at radius 2 is 2.24 bits per heavy atom. The molecule has 1 unspecified atom stereocenters. The summed E-state index contributed by atoms with van der Waals surface area (Å²) in [5.41, 5.74) is 3.98. The van der Waals surface area contributed by atoms with Crippen molar-refractivity contribution >= 4 is 11.3 Å². The third-order valence-electron chi connectivity index (χ3n) is 4.71. The van der Waals surface area contributed by atoms with E-state index in [4.69, 9.17) is 4.74 Å². The molecule has 0 fully saturated rings. The molecule has 3 heterocycles. The van der Waals surface area contributed by atoms with Crippen LogP contribution in [0.3, 0.4) is 0 Å².